The maximum absolute atomic E-state index is 12.1. The third-order valence-corrected chi connectivity index (χ3v) is 4.03. The molecule has 102 valence electrons. The van der Waals surface area contributed by atoms with Gasteiger partial charge in [0.15, 0.2) is 6.54 Å². The molecule has 0 saturated heterocycles. The fourth-order valence-corrected chi connectivity index (χ4v) is 3.24. The summed E-state index contributed by atoms with van der Waals surface area (Å²) in [5, 5.41) is 3.17. The zero-order valence-corrected chi connectivity index (χ0v) is 11.8. The molecule has 4 nitrogen and oxygen atoms in total. The summed E-state index contributed by atoms with van der Waals surface area (Å²) >= 11 is 0. The van der Waals surface area contributed by atoms with Gasteiger partial charge >= 0.3 is 0 Å². The average Bonchev–Trinajstić information content (AvgIpc) is 2.94. The van der Waals surface area contributed by atoms with Gasteiger partial charge in [0.2, 0.25) is 0 Å². The van der Waals surface area contributed by atoms with Crippen molar-refractivity contribution in [3.05, 3.63) is 22.5 Å². The lowest BCUT2D eigenvalue weighted by atomic mass is 10.1. The highest BCUT2D eigenvalue weighted by Crippen LogP contribution is 2.36. The van der Waals surface area contributed by atoms with E-state index in [9.17, 15) is 4.79 Å². The zero-order valence-electron chi connectivity index (χ0n) is 11.8. The van der Waals surface area contributed by atoms with Crippen molar-refractivity contribution in [2.45, 2.75) is 38.5 Å². The Morgan fingerprint density at radius 1 is 1.11 bits per heavy atom. The van der Waals surface area contributed by atoms with Crippen LogP contribution in [0.25, 0.3) is 0 Å². The van der Waals surface area contributed by atoms with Crippen molar-refractivity contribution in [2.75, 3.05) is 26.0 Å². The highest BCUT2D eigenvalue weighted by molar-refractivity contribution is 5.93. The summed E-state index contributed by atoms with van der Waals surface area (Å²) in [4.78, 5) is 18.0. The van der Waals surface area contributed by atoms with Crippen molar-refractivity contribution in [3.63, 3.8) is 0 Å². The number of fused-ring (bicyclic) bond motifs is 2. The number of likely N-dealkylation sites (N-methyl/N-ethyl adjacent to an activating group) is 1. The summed E-state index contributed by atoms with van der Waals surface area (Å²) in [5.41, 5.74) is 6.19. The van der Waals surface area contributed by atoms with Crippen LogP contribution in [-0.4, -0.2) is 31.5 Å². The van der Waals surface area contributed by atoms with Gasteiger partial charge in [-0.15, -0.1) is 0 Å². The Kier molecular flexibility index (Phi) is 3.27. The normalized spacial score (nSPS) is 16.6. The van der Waals surface area contributed by atoms with Gasteiger partial charge in [-0.25, -0.2) is 0 Å². The Labute approximate surface area is 114 Å². The molecule has 19 heavy (non-hydrogen) atoms. The largest absolute Gasteiger partial charge is 0.332 e. The molecule has 0 atom stereocenters. The van der Waals surface area contributed by atoms with Gasteiger partial charge in [0.1, 0.15) is 0 Å². The number of aryl methyl sites for hydroxylation is 2. The molecule has 1 aromatic heterocycles. The van der Waals surface area contributed by atoms with Gasteiger partial charge in [0, 0.05) is 11.4 Å². The van der Waals surface area contributed by atoms with Crippen LogP contribution in [0.5, 0.6) is 0 Å². The quantitative estimate of drug-likeness (QED) is 0.812. The summed E-state index contributed by atoms with van der Waals surface area (Å²) in [6.45, 7) is 0.520. The smallest absolute Gasteiger partial charge is 0.279 e. The van der Waals surface area contributed by atoms with Gasteiger partial charge in [0.05, 0.1) is 19.8 Å². The predicted octanol–water partition coefficient (Wildman–Crippen LogP) is 0.142. The molecular formula is C15H22N3O+. The fraction of sp³-hybridized carbons (Fsp3) is 0.600. The maximum Gasteiger partial charge on any atom is 0.279 e. The van der Waals surface area contributed by atoms with Crippen LogP contribution in [0.1, 0.15) is 35.4 Å². The van der Waals surface area contributed by atoms with Crippen molar-refractivity contribution in [1.82, 2.24) is 4.98 Å². The molecule has 0 bridgehead atoms. The van der Waals surface area contributed by atoms with E-state index in [1.54, 1.807) is 0 Å². The fourth-order valence-electron chi connectivity index (χ4n) is 3.24. The summed E-state index contributed by atoms with van der Waals surface area (Å²) in [5.74, 6) is 0.120. The minimum Gasteiger partial charge on any atom is -0.332 e. The Hall–Kier alpha value is -1.42. The van der Waals surface area contributed by atoms with E-state index in [1.165, 1.54) is 35.4 Å². The lowest BCUT2D eigenvalue weighted by molar-refractivity contribution is -0.849. The van der Waals surface area contributed by atoms with Gasteiger partial charge in [0.25, 0.3) is 5.91 Å². The first-order chi connectivity index (χ1) is 9.15. The number of carbonyl (C=O) groups excluding carboxylic acids is 1. The Bertz CT molecular complexity index is 490. The molecule has 0 aromatic carbocycles. The van der Waals surface area contributed by atoms with E-state index in [0.29, 0.717) is 6.54 Å². The van der Waals surface area contributed by atoms with Gasteiger partial charge in [-0.2, -0.15) is 0 Å². The molecule has 0 aliphatic heterocycles. The van der Waals surface area contributed by atoms with Gasteiger partial charge in [-0.3, -0.25) is 9.78 Å². The molecule has 4 heteroatoms. The van der Waals surface area contributed by atoms with Crippen LogP contribution in [0.3, 0.4) is 0 Å². The molecule has 0 unspecified atom stereocenters. The molecule has 2 aliphatic rings. The van der Waals surface area contributed by atoms with Crippen LogP contribution in [0.2, 0.25) is 0 Å². The average molecular weight is 260 g/mol. The summed E-state index contributed by atoms with van der Waals surface area (Å²) in [6, 6.07) is 0. The molecule has 2 N–H and O–H groups in total. The number of hydrogen-bond acceptors (Lipinski definition) is 2. The first kappa shape index (κ1) is 12.6. The van der Waals surface area contributed by atoms with Gasteiger partial charge < -0.3 is 10.2 Å². The maximum atomic E-state index is 12.1. The monoisotopic (exact) mass is 260 g/mol. The van der Waals surface area contributed by atoms with E-state index in [1.807, 2.05) is 14.1 Å². The SMILES string of the molecule is C[NH+](C)CC(=O)Nc1c2c(nc3c1CCC3)CCC2. The number of hydrogen-bond donors (Lipinski definition) is 2. The molecule has 0 fully saturated rings. The van der Waals surface area contributed by atoms with Crippen molar-refractivity contribution in [3.8, 4) is 0 Å². The molecular weight excluding hydrogens is 238 g/mol. The molecule has 0 saturated carbocycles. The first-order valence-corrected chi connectivity index (χ1v) is 7.27. The second-order valence-corrected chi connectivity index (χ2v) is 5.98. The molecule has 3 rings (SSSR count). The minimum atomic E-state index is 0.120. The van der Waals surface area contributed by atoms with Crippen LogP contribution in [-0.2, 0) is 30.5 Å². The second kappa shape index (κ2) is 4.93. The highest BCUT2D eigenvalue weighted by Gasteiger charge is 2.26. The van der Waals surface area contributed by atoms with Crippen LogP contribution in [0.15, 0.2) is 0 Å². The van der Waals surface area contributed by atoms with Gasteiger partial charge in [-0.05, 0) is 49.7 Å². The summed E-state index contributed by atoms with van der Waals surface area (Å²) in [6.07, 6.45) is 6.63. The lowest BCUT2D eigenvalue weighted by Crippen LogP contribution is -3.06. The topological polar surface area (TPSA) is 46.4 Å². The van der Waals surface area contributed by atoms with Crippen LogP contribution >= 0.6 is 0 Å². The predicted molar refractivity (Wildman–Crippen MR) is 74.6 cm³/mol. The summed E-state index contributed by atoms with van der Waals surface area (Å²) in [7, 11) is 4.00. The Morgan fingerprint density at radius 2 is 1.68 bits per heavy atom. The summed E-state index contributed by atoms with van der Waals surface area (Å²) < 4.78 is 0. The van der Waals surface area contributed by atoms with Gasteiger partial charge in [-0.1, -0.05) is 0 Å². The van der Waals surface area contributed by atoms with E-state index >= 15 is 0 Å². The van der Waals surface area contributed by atoms with E-state index < -0.39 is 0 Å². The van der Waals surface area contributed by atoms with E-state index in [4.69, 9.17) is 4.98 Å². The van der Waals surface area contributed by atoms with E-state index in [-0.39, 0.29) is 5.91 Å². The van der Waals surface area contributed by atoms with Crippen LogP contribution in [0, 0.1) is 0 Å². The lowest BCUT2D eigenvalue weighted by Gasteiger charge is -2.15. The highest BCUT2D eigenvalue weighted by atomic mass is 16.2. The van der Waals surface area contributed by atoms with E-state index in [0.717, 1.165) is 36.3 Å². The standard InChI is InChI=1S/C15H21N3O/c1-18(2)9-14(19)17-15-10-5-3-7-12(10)16-13-8-4-6-11(13)15/h3-9H2,1-2H3,(H,16,17,19)/p+1. The molecule has 1 amide bonds. The van der Waals surface area contributed by atoms with Crippen molar-refractivity contribution in [2.24, 2.45) is 0 Å². The number of carbonyl (C=O) groups is 1. The number of pyridine rings is 1. The minimum absolute atomic E-state index is 0.120. The van der Waals surface area contributed by atoms with Crippen molar-refractivity contribution >= 4 is 11.6 Å². The molecule has 0 radical (unpaired) electrons. The molecule has 2 aliphatic carbocycles. The van der Waals surface area contributed by atoms with Crippen molar-refractivity contribution in [1.29, 1.82) is 0 Å². The van der Waals surface area contributed by atoms with Crippen LogP contribution < -0.4 is 10.2 Å². The number of quaternary nitrogens is 1. The van der Waals surface area contributed by atoms with Crippen molar-refractivity contribution < 1.29 is 9.69 Å². The first-order valence-electron chi connectivity index (χ1n) is 7.27. The molecule has 1 aromatic rings. The molecule has 0 spiro atoms. The number of amides is 1. The second-order valence-electron chi connectivity index (χ2n) is 5.98. The number of nitrogens with zero attached hydrogens (tertiary/aromatic N) is 1. The third-order valence-electron chi connectivity index (χ3n) is 4.03. The zero-order chi connectivity index (χ0) is 13.4. The number of aromatic nitrogens is 1. The Morgan fingerprint density at radius 3 is 2.21 bits per heavy atom. The Balaban J connectivity index is 1.94. The molecule has 1 heterocycles. The van der Waals surface area contributed by atoms with E-state index in [2.05, 4.69) is 5.32 Å². The number of anilines is 1. The third kappa shape index (κ3) is 2.37. The van der Waals surface area contributed by atoms with Crippen LogP contribution in [0.4, 0.5) is 5.69 Å². The number of rotatable bonds is 3. The number of nitrogens with one attached hydrogen (secondary N) is 2.